The number of hydrogen-bond acceptors (Lipinski definition) is 6. The van der Waals surface area contributed by atoms with Crippen molar-refractivity contribution < 1.29 is 28.8 Å². The van der Waals surface area contributed by atoms with Crippen LogP contribution >= 0.6 is 0 Å². The largest absolute Gasteiger partial charge is 0.382 e. The first kappa shape index (κ1) is 27.9. The number of benzene rings is 4. The van der Waals surface area contributed by atoms with Gasteiger partial charge < -0.3 is 24.1 Å². The summed E-state index contributed by atoms with van der Waals surface area (Å²) in [5.74, 6) is -0.480. The molecule has 1 N–H and O–H groups in total. The summed E-state index contributed by atoms with van der Waals surface area (Å²) in [6.07, 6.45) is -5.03. The summed E-state index contributed by atoms with van der Waals surface area (Å²) < 4.78 is 25.2. The minimum absolute atomic E-state index is 0.191. The highest BCUT2D eigenvalue weighted by Gasteiger charge is 2.52. The van der Waals surface area contributed by atoms with E-state index in [1.165, 1.54) is 0 Å². The van der Waals surface area contributed by atoms with Gasteiger partial charge in [-0.15, -0.1) is 0 Å². The SMILES string of the molecule is O=C1[C@@H](OCc2ccccc2)[C@@H](OCc2ccccc2)[C@H](OCc2ccccc2)[C@H](OCc2ccccc2)[C@H]1O. The molecule has 0 unspecified atom stereocenters. The third kappa shape index (κ3) is 7.30. The van der Waals surface area contributed by atoms with Crippen molar-refractivity contribution in [2.75, 3.05) is 0 Å². The molecular weight excluding hydrogens is 504 g/mol. The molecule has 5 atom stereocenters. The second kappa shape index (κ2) is 14.1. The Bertz CT molecular complexity index is 1300. The number of rotatable bonds is 12. The lowest BCUT2D eigenvalue weighted by Crippen LogP contribution is -2.64. The molecule has 0 aromatic heterocycles. The summed E-state index contributed by atoms with van der Waals surface area (Å²) in [5, 5.41) is 11.3. The van der Waals surface area contributed by atoms with Crippen LogP contribution in [-0.4, -0.2) is 41.4 Å². The molecule has 4 aromatic carbocycles. The zero-order valence-corrected chi connectivity index (χ0v) is 22.3. The van der Waals surface area contributed by atoms with E-state index in [0.717, 1.165) is 22.3 Å². The van der Waals surface area contributed by atoms with Crippen molar-refractivity contribution in [1.29, 1.82) is 0 Å². The normalized spacial score (nSPS) is 22.7. The third-order valence-corrected chi connectivity index (χ3v) is 6.96. The fourth-order valence-corrected chi connectivity index (χ4v) is 4.83. The molecule has 0 spiro atoms. The van der Waals surface area contributed by atoms with Crippen LogP contribution in [0.25, 0.3) is 0 Å². The van der Waals surface area contributed by atoms with Gasteiger partial charge in [-0.3, -0.25) is 4.79 Å². The van der Waals surface area contributed by atoms with E-state index in [1.54, 1.807) is 0 Å². The fourth-order valence-electron chi connectivity index (χ4n) is 4.83. The summed E-state index contributed by atoms with van der Waals surface area (Å²) in [6, 6.07) is 38.7. The van der Waals surface area contributed by atoms with Crippen LogP contribution in [0.3, 0.4) is 0 Å². The zero-order valence-electron chi connectivity index (χ0n) is 22.3. The highest BCUT2D eigenvalue weighted by atomic mass is 16.6. The van der Waals surface area contributed by atoms with Gasteiger partial charge in [-0.2, -0.15) is 0 Å². The number of aliphatic hydroxyl groups is 1. The van der Waals surface area contributed by atoms with E-state index < -0.39 is 36.3 Å². The van der Waals surface area contributed by atoms with Crippen molar-refractivity contribution in [2.45, 2.75) is 56.9 Å². The molecule has 1 aliphatic carbocycles. The lowest BCUT2D eigenvalue weighted by atomic mass is 9.85. The number of ether oxygens (including phenoxy) is 4. The van der Waals surface area contributed by atoms with Gasteiger partial charge in [-0.05, 0) is 22.3 Å². The smallest absolute Gasteiger partial charge is 0.195 e. The van der Waals surface area contributed by atoms with Gasteiger partial charge >= 0.3 is 0 Å². The highest BCUT2D eigenvalue weighted by molar-refractivity contribution is 5.89. The van der Waals surface area contributed by atoms with Gasteiger partial charge in [-0.25, -0.2) is 0 Å². The Morgan fingerprint density at radius 2 is 0.775 bits per heavy atom. The van der Waals surface area contributed by atoms with Crippen molar-refractivity contribution in [3.05, 3.63) is 144 Å². The minimum Gasteiger partial charge on any atom is -0.382 e. The standard InChI is InChI=1S/C34H34O6/c35-29-30(36)32(38-22-26-15-7-2-8-16-26)34(40-24-28-19-11-4-12-20-28)33(39-23-27-17-9-3-10-18-27)31(29)37-21-25-13-5-1-6-14-25/h1-20,29,31-35H,21-24H2/t29-,31+,32+,33+,34+/m0/s1. The molecule has 0 aliphatic heterocycles. The van der Waals surface area contributed by atoms with Crippen LogP contribution in [0.2, 0.25) is 0 Å². The maximum absolute atomic E-state index is 13.6. The Morgan fingerprint density at radius 1 is 0.450 bits per heavy atom. The first-order valence-corrected chi connectivity index (χ1v) is 13.5. The second-order valence-corrected chi connectivity index (χ2v) is 9.85. The van der Waals surface area contributed by atoms with Crippen LogP contribution in [0.15, 0.2) is 121 Å². The molecule has 6 heteroatoms. The molecule has 0 heterocycles. The lowest BCUT2D eigenvalue weighted by molar-refractivity contribution is -0.231. The quantitative estimate of drug-likeness (QED) is 0.265. The van der Waals surface area contributed by atoms with Crippen LogP contribution < -0.4 is 0 Å². The van der Waals surface area contributed by atoms with Gasteiger partial charge in [0, 0.05) is 0 Å². The lowest BCUT2D eigenvalue weighted by Gasteiger charge is -2.43. The number of hydrogen-bond donors (Lipinski definition) is 1. The van der Waals surface area contributed by atoms with Crippen molar-refractivity contribution in [2.24, 2.45) is 0 Å². The number of ketones is 1. The van der Waals surface area contributed by atoms with Crippen LogP contribution in [0.4, 0.5) is 0 Å². The first-order chi connectivity index (χ1) is 19.7. The van der Waals surface area contributed by atoms with E-state index in [-0.39, 0.29) is 26.4 Å². The number of aliphatic hydroxyl groups excluding tert-OH is 1. The van der Waals surface area contributed by atoms with E-state index in [4.69, 9.17) is 18.9 Å². The van der Waals surface area contributed by atoms with Crippen molar-refractivity contribution in [3.8, 4) is 0 Å². The molecule has 0 saturated heterocycles. The summed E-state index contributed by atoms with van der Waals surface area (Å²) >= 11 is 0. The van der Waals surface area contributed by atoms with E-state index in [2.05, 4.69) is 0 Å². The predicted octanol–water partition coefficient (Wildman–Crippen LogP) is 5.27. The van der Waals surface area contributed by atoms with Crippen molar-refractivity contribution >= 4 is 5.78 Å². The first-order valence-electron chi connectivity index (χ1n) is 13.5. The molecule has 206 valence electrons. The summed E-state index contributed by atoms with van der Waals surface area (Å²) in [6.45, 7) is 0.906. The molecule has 40 heavy (non-hydrogen) atoms. The van der Waals surface area contributed by atoms with Gasteiger partial charge in [0.2, 0.25) is 0 Å². The number of carbonyl (C=O) groups is 1. The average Bonchev–Trinajstić information content (AvgIpc) is 3.01. The minimum atomic E-state index is -1.44. The molecule has 5 rings (SSSR count). The number of Topliss-reactive ketones (excluding diaryl/α,β-unsaturated/α-hetero) is 1. The van der Waals surface area contributed by atoms with Crippen LogP contribution in [0.1, 0.15) is 22.3 Å². The van der Waals surface area contributed by atoms with Gasteiger partial charge in [0.15, 0.2) is 5.78 Å². The average molecular weight is 539 g/mol. The Balaban J connectivity index is 1.43. The summed E-state index contributed by atoms with van der Waals surface area (Å²) in [7, 11) is 0. The Kier molecular flexibility index (Phi) is 9.85. The fraction of sp³-hybridized carbons (Fsp3) is 0.265. The van der Waals surface area contributed by atoms with E-state index >= 15 is 0 Å². The molecule has 0 amide bonds. The zero-order chi connectivity index (χ0) is 27.6. The molecular formula is C34H34O6. The molecule has 4 aromatic rings. The Hall–Kier alpha value is -3.65. The molecule has 6 nitrogen and oxygen atoms in total. The van der Waals surface area contributed by atoms with E-state index in [1.807, 2.05) is 121 Å². The summed E-state index contributed by atoms with van der Waals surface area (Å²) in [4.78, 5) is 13.6. The molecule has 0 radical (unpaired) electrons. The monoisotopic (exact) mass is 538 g/mol. The molecule has 0 bridgehead atoms. The van der Waals surface area contributed by atoms with Gasteiger partial charge in [0.1, 0.15) is 30.5 Å². The van der Waals surface area contributed by atoms with E-state index in [9.17, 15) is 9.90 Å². The van der Waals surface area contributed by atoms with Crippen molar-refractivity contribution in [3.63, 3.8) is 0 Å². The topological polar surface area (TPSA) is 74.2 Å². The molecule has 1 saturated carbocycles. The van der Waals surface area contributed by atoms with Gasteiger partial charge in [0.25, 0.3) is 0 Å². The third-order valence-electron chi connectivity index (χ3n) is 6.96. The maximum Gasteiger partial charge on any atom is 0.195 e. The highest BCUT2D eigenvalue weighted by Crippen LogP contribution is 2.30. The second-order valence-electron chi connectivity index (χ2n) is 9.85. The van der Waals surface area contributed by atoms with Gasteiger partial charge in [0.05, 0.1) is 26.4 Å². The molecule has 1 aliphatic rings. The summed E-state index contributed by atoms with van der Waals surface area (Å²) in [5.41, 5.74) is 3.75. The Labute approximate surface area is 235 Å². The maximum atomic E-state index is 13.6. The predicted molar refractivity (Wildman–Crippen MR) is 151 cm³/mol. The van der Waals surface area contributed by atoms with E-state index in [0.29, 0.717) is 0 Å². The van der Waals surface area contributed by atoms with Crippen molar-refractivity contribution in [1.82, 2.24) is 0 Å². The Morgan fingerprint density at radius 3 is 1.18 bits per heavy atom. The van der Waals surface area contributed by atoms with Gasteiger partial charge in [-0.1, -0.05) is 121 Å². The number of carbonyl (C=O) groups excluding carboxylic acids is 1. The van der Waals surface area contributed by atoms with Crippen LogP contribution in [-0.2, 0) is 50.2 Å². The van der Waals surface area contributed by atoms with Crippen LogP contribution in [0, 0.1) is 0 Å². The van der Waals surface area contributed by atoms with Crippen LogP contribution in [0.5, 0.6) is 0 Å². The molecule has 1 fully saturated rings.